The number of para-hydroxylation sites is 1. The quantitative estimate of drug-likeness (QED) is 0.366. The number of anilines is 2. The topological polar surface area (TPSA) is 113 Å². The van der Waals surface area contributed by atoms with Crippen molar-refractivity contribution in [2.75, 3.05) is 29.9 Å². The Morgan fingerprint density at radius 2 is 1.88 bits per heavy atom. The molecule has 0 bridgehead atoms. The van der Waals surface area contributed by atoms with E-state index in [1.807, 2.05) is 24.0 Å². The molecule has 176 valence electrons. The minimum atomic E-state index is -0.599. The molecule has 34 heavy (non-hydrogen) atoms. The molecule has 0 radical (unpaired) electrons. The second-order valence-corrected chi connectivity index (χ2v) is 9.18. The molecule has 2 aliphatic heterocycles. The van der Waals surface area contributed by atoms with Crippen LogP contribution in [0.1, 0.15) is 30.4 Å². The molecule has 0 unspecified atom stereocenters. The number of imide groups is 1. The Balaban J connectivity index is 1.50. The van der Waals surface area contributed by atoms with Gasteiger partial charge in [-0.1, -0.05) is 24.3 Å². The maximum atomic E-state index is 12.8. The lowest BCUT2D eigenvalue weighted by molar-refractivity contribution is -0.384. The molecule has 3 amide bonds. The number of nitro groups is 1. The number of nitro benzene ring substituents is 1. The van der Waals surface area contributed by atoms with E-state index in [0.29, 0.717) is 28.7 Å². The van der Waals surface area contributed by atoms with Crippen LogP contribution in [0.2, 0.25) is 0 Å². The molecular weight excluding hydrogens is 456 g/mol. The maximum absolute atomic E-state index is 12.8. The van der Waals surface area contributed by atoms with Crippen molar-refractivity contribution < 1.29 is 19.3 Å². The number of nitrogens with zero attached hydrogens (tertiary/aromatic N) is 3. The molecule has 0 atom stereocenters. The smallest absolute Gasteiger partial charge is 0.294 e. The van der Waals surface area contributed by atoms with Crippen LogP contribution in [0.25, 0.3) is 6.08 Å². The van der Waals surface area contributed by atoms with Crippen molar-refractivity contribution in [3.8, 4) is 0 Å². The number of amides is 3. The molecule has 4 rings (SSSR count). The van der Waals surface area contributed by atoms with Crippen molar-refractivity contribution in [1.29, 1.82) is 0 Å². The summed E-state index contributed by atoms with van der Waals surface area (Å²) in [5.74, 6) is -1.09. The van der Waals surface area contributed by atoms with Crippen molar-refractivity contribution in [2.45, 2.75) is 26.2 Å². The lowest BCUT2D eigenvalue weighted by Gasteiger charge is -2.28. The number of benzene rings is 2. The van der Waals surface area contributed by atoms with Gasteiger partial charge < -0.3 is 10.2 Å². The molecule has 2 aromatic carbocycles. The summed E-state index contributed by atoms with van der Waals surface area (Å²) in [5.41, 5.74) is 2.44. The third kappa shape index (κ3) is 5.12. The molecule has 1 N–H and O–H groups in total. The van der Waals surface area contributed by atoms with Gasteiger partial charge in [-0.15, -0.1) is 0 Å². The Labute approximate surface area is 200 Å². The Kier molecular flexibility index (Phi) is 6.97. The predicted octanol–water partition coefficient (Wildman–Crippen LogP) is 4.57. The van der Waals surface area contributed by atoms with Crippen LogP contribution in [0.5, 0.6) is 0 Å². The number of hydrogen-bond acceptors (Lipinski definition) is 7. The minimum absolute atomic E-state index is 0.0347. The molecule has 2 fully saturated rings. The normalized spacial score (nSPS) is 17.4. The zero-order valence-corrected chi connectivity index (χ0v) is 19.5. The van der Waals surface area contributed by atoms with Gasteiger partial charge in [0.15, 0.2) is 0 Å². The number of rotatable bonds is 6. The minimum Gasteiger partial charge on any atom is -0.366 e. The van der Waals surface area contributed by atoms with Gasteiger partial charge in [0.1, 0.15) is 12.2 Å². The van der Waals surface area contributed by atoms with Gasteiger partial charge in [-0.2, -0.15) is 0 Å². The number of carbonyl (C=O) groups excluding carboxylic acids is 3. The summed E-state index contributed by atoms with van der Waals surface area (Å²) in [4.78, 5) is 51.9. The van der Waals surface area contributed by atoms with E-state index in [9.17, 15) is 24.5 Å². The Hall–Kier alpha value is -3.66. The van der Waals surface area contributed by atoms with Gasteiger partial charge in [0.2, 0.25) is 5.91 Å². The van der Waals surface area contributed by atoms with Crippen LogP contribution in [0.4, 0.5) is 21.9 Å². The molecule has 2 saturated heterocycles. The summed E-state index contributed by atoms with van der Waals surface area (Å²) >= 11 is 0.713. The largest absolute Gasteiger partial charge is 0.366 e. The first-order valence-corrected chi connectivity index (χ1v) is 11.8. The van der Waals surface area contributed by atoms with Gasteiger partial charge in [0, 0.05) is 24.8 Å². The van der Waals surface area contributed by atoms with Crippen molar-refractivity contribution >= 4 is 52.0 Å². The van der Waals surface area contributed by atoms with Gasteiger partial charge >= 0.3 is 0 Å². The van der Waals surface area contributed by atoms with E-state index < -0.39 is 28.5 Å². The molecule has 2 aliphatic rings. The summed E-state index contributed by atoms with van der Waals surface area (Å²) in [6.07, 6.45) is 4.55. The third-order valence-corrected chi connectivity index (χ3v) is 6.69. The fourth-order valence-corrected chi connectivity index (χ4v) is 4.85. The number of aryl methyl sites for hydroxylation is 1. The molecule has 0 spiro atoms. The van der Waals surface area contributed by atoms with Gasteiger partial charge in [-0.05, 0) is 67.3 Å². The highest BCUT2D eigenvalue weighted by Crippen LogP contribution is 2.35. The summed E-state index contributed by atoms with van der Waals surface area (Å²) < 4.78 is 0. The van der Waals surface area contributed by atoms with Gasteiger partial charge in [-0.25, -0.2) is 0 Å². The molecule has 10 heteroatoms. The second-order valence-electron chi connectivity index (χ2n) is 8.18. The summed E-state index contributed by atoms with van der Waals surface area (Å²) in [5, 5.41) is 13.8. The van der Waals surface area contributed by atoms with E-state index in [2.05, 4.69) is 5.32 Å². The van der Waals surface area contributed by atoms with E-state index in [-0.39, 0.29) is 10.6 Å². The number of thioether (sulfide) groups is 1. The number of carbonyl (C=O) groups is 3. The first kappa shape index (κ1) is 23.5. The molecule has 0 saturated carbocycles. The van der Waals surface area contributed by atoms with Crippen LogP contribution >= 0.6 is 11.8 Å². The lowest BCUT2D eigenvalue weighted by atomic mass is 10.1. The summed E-state index contributed by atoms with van der Waals surface area (Å²) in [6.45, 7) is 2.96. The standard InChI is InChI=1S/C24H24N4O5S/c1-16-7-3-4-8-18(16)25-22(29)15-27-23(30)21(34-24(27)31)14-17-9-10-19(20(13-17)28(32)33)26-11-5-2-6-12-26/h3-4,7-10,13-14H,2,5-6,11-12,15H2,1H3,(H,25,29)/b21-14-. The van der Waals surface area contributed by atoms with Crippen LogP contribution in [0.3, 0.4) is 0 Å². The molecule has 2 heterocycles. The fraction of sp³-hybridized carbons (Fsp3) is 0.292. The SMILES string of the molecule is Cc1ccccc1NC(=O)CN1C(=O)S/C(=C\c2ccc(N3CCCCC3)c([N+](=O)[O-])c2)C1=O. The van der Waals surface area contributed by atoms with Crippen LogP contribution in [0.15, 0.2) is 47.4 Å². The van der Waals surface area contributed by atoms with E-state index in [1.54, 1.807) is 24.3 Å². The fourth-order valence-electron chi connectivity index (χ4n) is 4.01. The first-order chi connectivity index (χ1) is 16.3. The van der Waals surface area contributed by atoms with Crippen LogP contribution in [-0.4, -0.2) is 46.5 Å². The van der Waals surface area contributed by atoms with Crippen LogP contribution in [0, 0.1) is 17.0 Å². The molecule has 0 aliphatic carbocycles. The van der Waals surface area contributed by atoms with E-state index in [0.717, 1.165) is 42.8 Å². The van der Waals surface area contributed by atoms with Gasteiger partial charge in [0.25, 0.3) is 16.8 Å². The first-order valence-electron chi connectivity index (χ1n) is 11.0. The molecule has 2 aromatic rings. The highest BCUT2D eigenvalue weighted by atomic mass is 32.2. The summed E-state index contributed by atoms with van der Waals surface area (Å²) in [6, 6.07) is 12.0. The van der Waals surface area contributed by atoms with E-state index in [4.69, 9.17) is 0 Å². The second kappa shape index (κ2) is 10.1. The third-order valence-electron chi connectivity index (χ3n) is 5.79. The molecule has 9 nitrogen and oxygen atoms in total. The monoisotopic (exact) mass is 480 g/mol. The zero-order valence-electron chi connectivity index (χ0n) is 18.7. The van der Waals surface area contributed by atoms with Gasteiger partial charge in [-0.3, -0.25) is 29.4 Å². The van der Waals surface area contributed by atoms with E-state index >= 15 is 0 Å². The Bertz CT molecular complexity index is 1190. The number of nitrogens with one attached hydrogen (secondary N) is 1. The van der Waals surface area contributed by atoms with Crippen LogP contribution < -0.4 is 10.2 Å². The predicted molar refractivity (Wildman–Crippen MR) is 132 cm³/mol. The lowest BCUT2D eigenvalue weighted by Crippen LogP contribution is -2.36. The molecular formula is C24H24N4O5S. The van der Waals surface area contributed by atoms with Crippen LogP contribution in [-0.2, 0) is 9.59 Å². The van der Waals surface area contributed by atoms with Crippen molar-refractivity contribution in [1.82, 2.24) is 4.90 Å². The molecule has 0 aromatic heterocycles. The Morgan fingerprint density at radius 3 is 2.59 bits per heavy atom. The van der Waals surface area contributed by atoms with Crippen molar-refractivity contribution in [3.63, 3.8) is 0 Å². The highest BCUT2D eigenvalue weighted by Gasteiger charge is 2.36. The number of piperidine rings is 1. The maximum Gasteiger partial charge on any atom is 0.294 e. The summed E-state index contributed by atoms with van der Waals surface area (Å²) in [7, 11) is 0. The van der Waals surface area contributed by atoms with Crippen molar-refractivity contribution in [3.05, 3.63) is 68.6 Å². The average molecular weight is 481 g/mol. The highest BCUT2D eigenvalue weighted by molar-refractivity contribution is 8.18. The zero-order chi connectivity index (χ0) is 24.2. The van der Waals surface area contributed by atoms with Crippen molar-refractivity contribution in [2.24, 2.45) is 0 Å². The number of hydrogen-bond donors (Lipinski definition) is 1. The Morgan fingerprint density at radius 1 is 1.15 bits per heavy atom. The van der Waals surface area contributed by atoms with Gasteiger partial charge in [0.05, 0.1) is 9.83 Å². The van der Waals surface area contributed by atoms with E-state index in [1.165, 1.54) is 12.1 Å². The average Bonchev–Trinajstić information content (AvgIpc) is 3.08.